The topological polar surface area (TPSA) is 26.0 Å². The summed E-state index contributed by atoms with van der Waals surface area (Å²) in [6.07, 6.45) is 1.24. The van der Waals surface area contributed by atoms with E-state index in [4.69, 9.17) is 17.3 Å². The standard InChI is InChI=1S/C12H18ClNS/c1-3-9(2)7-15-8-10-4-5-11(13)6-12(10)14/h4-6,9H,3,7-8,14H2,1-2H3. The summed E-state index contributed by atoms with van der Waals surface area (Å²) in [4.78, 5) is 0. The fourth-order valence-corrected chi connectivity index (χ4v) is 2.60. The van der Waals surface area contributed by atoms with Gasteiger partial charge in [-0.1, -0.05) is 37.9 Å². The van der Waals surface area contributed by atoms with Crippen LogP contribution in [0.5, 0.6) is 0 Å². The second-order valence-corrected chi connectivity index (χ2v) is 5.34. The highest BCUT2D eigenvalue weighted by Crippen LogP contribution is 2.23. The first-order chi connectivity index (χ1) is 7.13. The summed E-state index contributed by atoms with van der Waals surface area (Å²) in [5, 5.41) is 0.711. The molecule has 0 aromatic heterocycles. The molecule has 0 amide bonds. The van der Waals surface area contributed by atoms with Crippen molar-refractivity contribution in [2.45, 2.75) is 26.0 Å². The van der Waals surface area contributed by atoms with Crippen LogP contribution >= 0.6 is 23.4 Å². The minimum Gasteiger partial charge on any atom is -0.398 e. The Morgan fingerprint density at radius 2 is 2.20 bits per heavy atom. The average Bonchev–Trinajstić information content (AvgIpc) is 2.21. The third kappa shape index (κ3) is 4.35. The van der Waals surface area contributed by atoms with Crippen molar-refractivity contribution in [3.05, 3.63) is 28.8 Å². The smallest absolute Gasteiger partial charge is 0.0426 e. The molecule has 0 aliphatic rings. The summed E-state index contributed by atoms with van der Waals surface area (Å²) in [6, 6.07) is 5.74. The summed E-state index contributed by atoms with van der Waals surface area (Å²) in [6.45, 7) is 4.50. The molecule has 0 saturated heterocycles. The zero-order valence-electron chi connectivity index (χ0n) is 9.29. The largest absolute Gasteiger partial charge is 0.398 e. The van der Waals surface area contributed by atoms with Gasteiger partial charge in [-0.2, -0.15) is 11.8 Å². The molecule has 1 nitrogen and oxygen atoms in total. The van der Waals surface area contributed by atoms with E-state index in [1.807, 2.05) is 30.0 Å². The molecule has 84 valence electrons. The molecule has 0 aliphatic carbocycles. The molecule has 0 saturated carbocycles. The van der Waals surface area contributed by atoms with Crippen molar-refractivity contribution in [1.82, 2.24) is 0 Å². The van der Waals surface area contributed by atoms with Crippen molar-refractivity contribution >= 4 is 29.1 Å². The molecular weight excluding hydrogens is 226 g/mol. The number of benzene rings is 1. The van der Waals surface area contributed by atoms with Gasteiger partial charge in [0.25, 0.3) is 0 Å². The monoisotopic (exact) mass is 243 g/mol. The molecule has 0 bridgehead atoms. The highest BCUT2D eigenvalue weighted by molar-refractivity contribution is 7.98. The van der Waals surface area contributed by atoms with Crippen LogP contribution in [0.3, 0.4) is 0 Å². The zero-order chi connectivity index (χ0) is 11.3. The highest BCUT2D eigenvalue weighted by Gasteiger charge is 2.02. The Morgan fingerprint density at radius 1 is 1.47 bits per heavy atom. The van der Waals surface area contributed by atoms with Crippen LogP contribution in [-0.4, -0.2) is 5.75 Å². The Labute approximate surface area is 101 Å². The molecule has 0 radical (unpaired) electrons. The van der Waals surface area contributed by atoms with E-state index >= 15 is 0 Å². The van der Waals surface area contributed by atoms with Crippen LogP contribution in [0.1, 0.15) is 25.8 Å². The Hall–Kier alpha value is -0.340. The van der Waals surface area contributed by atoms with Gasteiger partial charge in [0.15, 0.2) is 0 Å². The predicted molar refractivity (Wildman–Crippen MR) is 71.5 cm³/mol. The zero-order valence-corrected chi connectivity index (χ0v) is 10.9. The van der Waals surface area contributed by atoms with Crippen LogP contribution in [0.4, 0.5) is 5.69 Å². The van der Waals surface area contributed by atoms with Crippen LogP contribution in [0, 0.1) is 5.92 Å². The quantitative estimate of drug-likeness (QED) is 0.785. The number of rotatable bonds is 5. The lowest BCUT2D eigenvalue weighted by molar-refractivity contribution is 0.637. The Morgan fingerprint density at radius 3 is 2.80 bits per heavy atom. The van der Waals surface area contributed by atoms with E-state index in [2.05, 4.69) is 13.8 Å². The normalized spacial score (nSPS) is 12.7. The highest BCUT2D eigenvalue weighted by atomic mass is 35.5. The number of halogens is 1. The third-order valence-corrected chi connectivity index (χ3v) is 4.02. The molecular formula is C12H18ClNS. The molecule has 1 aromatic rings. The van der Waals surface area contributed by atoms with Crippen molar-refractivity contribution in [3.63, 3.8) is 0 Å². The minimum absolute atomic E-state index is 0.711. The molecule has 15 heavy (non-hydrogen) atoms. The van der Waals surface area contributed by atoms with Crippen LogP contribution in [0.2, 0.25) is 5.02 Å². The molecule has 3 heteroatoms. The van der Waals surface area contributed by atoms with Crippen LogP contribution in [0.25, 0.3) is 0 Å². The molecule has 2 N–H and O–H groups in total. The fourth-order valence-electron chi connectivity index (χ4n) is 1.19. The van der Waals surface area contributed by atoms with Crippen LogP contribution in [0.15, 0.2) is 18.2 Å². The Bertz CT molecular complexity index is 314. The molecule has 0 fully saturated rings. The average molecular weight is 244 g/mol. The van der Waals surface area contributed by atoms with Crippen molar-refractivity contribution in [1.29, 1.82) is 0 Å². The Kier molecular flexibility index (Phi) is 5.34. The first kappa shape index (κ1) is 12.7. The second-order valence-electron chi connectivity index (χ2n) is 3.87. The van der Waals surface area contributed by atoms with E-state index in [9.17, 15) is 0 Å². The van der Waals surface area contributed by atoms with Gasteiger partial charge in [0.05, 0.1) is 0 Å². The number of anilines is 1. The number of thioether (sulfide) groups is 1. The summed E-state index contributed by atoms with van der Waals surface area (Å²) < 4.78 is 0. The SMILES string of the molecule is CCC(C)CSCc1ccc(Cl)cc1N. The van der Waals surface area contributed by atoms with Crippen LogP contribution in [-0.2, 0) is 5.75 Å². The van der Waals surface area contributed by atoms with Gasteiger partial charge < -0.3 is 5.73 Å². The summed E-state index contributed by atoms with van der Waals surface area (Å²) in [5.41, 5.74) is 7.87. The van der Waals surface area contributed by atoms with Crippen molar-refractivity contribution < 1.29 is 0 Å². The van der Waals surface area contributed by atoms with Gasteiger partial charge in [0.1, 0.15) is 0 Å². The van der Waals surface area contributed by atoms with Crippen molar-refractivity contribution in [2.24, 2.45) is 5.92 Å². The van der Waals surface area contributed by atoms with E-state index in [0.717, 1.165) is 17.4 Å². The van der Waals surface area contributed by atoms with Gasteiger partial charge in [-0.15, -0.1) is 0 Å². The second kappa shape index (κ2) is 6.29. The summed E-state index contributed by atoms with van der Waals surface area (Å²) in [7, 11) is 0. The van der Waals surface area contributed by atoms with Gasteiger partial charge in [-0.05, 0) is 29.4 Å². The van der Waals surface area contributed by atoms with E-state index < -0.39 is 0 Å². The number of nitrogen functional groups attached to an aromatic ring is 1. The predicted octanol–water partition coefficient (Wildman–Crippen LogP) is 4.20. The van der Waals surface area contributed by atoms with E-state index in [1.54, 1.807) is 0 Å². The lowest BCUT2D eigenvalue weighted by atomic mass is 10.2. The van der Waals surface area contributed by atoms with Gasteiger partial charge in [-0.25, -0.2) is 0 Å². The van der Waals surface area contributed by atoms with Crippen molar-refractivity contribution in [2.75, 3.05) is 11.5 Å². The molecule has 1 unspecified atom stereocenters. The maximum atomic E-state index is 5.87. The molecule has 1 aromatic carbocycles. The molecule has 0 heterocycles. The summed E-state index contributed by atoms with van der Waals surface area (Å²) >= 11 is 7.77. The molecule has 0 aliphatic heterocycles. The minimum atomic E-state index is 0.711. The van der Waals surface area contributed by atoms with Gasteiger partial charge in [0.2, 0.25) is 0 Å². The lowest BCUT2D eigenvalue weighted by Crippen LogP contribution is -1.97. The summed E-state index contributed by atoms with van der Waals surface area (Å²) in [5.74, 6) is 2.95. The van der Waals surface area contributed by atoms with Crippen LogP contribution < -0.4 is 5.73 Å². The van der Waals surface area contributed by atoms with E-state index in [-0.39, 0.29) is 0 Å². The first-order valence-electron chi connectivity index (χ1n) is 5.25. The third-order valence-electron chi connectivity index (χ3n) is 2.46. The lowest BCUT2D eigenvalue weighted by Gasteiger charge is -2.09. The van der Waals surface area contributed by atoms with E-state index in [1.165, 1.54) is 17.7 Å². The number of nitrogens with two attached hydrogens (primary N) is 1. The van der Waals surface area contributed by atoms with Crippen molar-refractivity contribution in [3.8, 4) is 0 Å². The molecule has 0 spiro atoms. The van der Waals surface area contributed by atoms with Gasteiger partial charge >= 0.3 is 0 Å². The fraction of sp³-hybridized carbons (Fsp3) is 0.500. The number of hydrogen-bond donors (Lipinski definition) is 1. The maximum Gasteiger partial charge on any atom is 0.0426 e. The van der Waals surface area contributed by atoms with Gasteiger partial charge in [-0.3, -0.25) is 0 Å². The maximum absolute atomic E-state index is 5.87. The number of hydrogen-bond acceptors (Lipinski definition) is 2. The Balaban J connectivity index is 2.44. The molecule has 1 rings (SSSR count). The molecule has 1 atom stereocenters. The first-order valence-corrected chi connectivity index (χ1v) is 6.78. The van der Waals surface area contributed by atoms with E-state index in [0.29, 0.717) is 5.02 Å². The van der Waals surface area contributed by atoms with Gasteiger partial charge in [0, 0.05) is 16.5 Å².